The van der Waals surface area contributed by atoms with Gasteiger partial charge in [-0.2, -0.15) is 0 Å². The molecule has 0 bridgehead atoms. The minimum atomic E-state index is 0.712. The number of hydrogen-bond acceptors (Lipinski definition) is 6. The summed E-state index contributed by atoms with van der Waals surface area (Å²) in [7, 11) is 3.49. The highest BCUT2D eigenvalue weighted by Crippen LogP contribution is 2.36. The zero-order chi connectivity index (χ0) is 19.0. The van der Waals surface area contributed by atoms with E-state index in [-0.39, 0.29) is 0 Å². The lowest BCUT2D eigenvalue weighted by molar-refractivity contribution is 0.410. The molecule has 0 saturated heterocycles. The van der Waals surface area contributed by atoms with Crippen LogP contribution in [0, 0.1) is 13.8 Å². The Hall–Kier alpha value is -3.48. The lowest BCUT2D eigenvalue weighted by Gasteiger charge is -2.10. The molecule has 0 aliphatic rings. The highest BCUT2D eigenvalue weighted by molar-refractivity contribution is 5.81. The second-order valence-electron chi connectivity index (χ2n) is 6.39. The van der Waals surface area contributed by atoms with Crippen molar-refractivity contribution < 1.29 is 9.26 Å². The highest BCUT2D eigenvalue weighted by atomic mass is 16.5. The maximum absolute atomic E-state index is 5.58. The first-order valence-corrected chi connectivity index (χ1v) is 8.52. The fourth-order valence-electron chi connectivity index (χ4n) is 3.10. The topological polar surface area (TPSA) is 78.9 Å². The predicted octanol–water partition coefficient (Wildman–Crippen LogP) is 3.82. The molecule has 27 heavy (non-hydrogen) atoms. The Labute approximate surface area is 156 Å². The lowest BCUT2D eigenvalue weighted by Crippen LogP contribution is -1.94. The van der Waals surface area contributed by atoms with Crippen molar-refractivity contribution in [2.75, 3.05) is 7.11 Å². The number of rotatable bonds is 4. The van der Waals surface area contributed by atoms with Gasteiger partial charge in [-0.15, -0.1) is 5.10 Å². The Morgan fingerprint density at radius 3 is 2.41 bits per heavy atom. The maximum atomic E-state index is 5.58. The standard InChI is InChI=1S/C20H19N5O2/c1-12-9-16(10-18(26-4)13(12)2)19-17(11-21-27-19)14-5-7-15(8-6-14)20-22-23-24-25(20)3/h5-11H,1-4H3. The summed E-state index contributed by atoms with van der Waals surface area (Å²) in [6.07, 6.45) is 1.73. The summed E-state index contributed by atoms with van der Waals surface area (Å²) in [4.78, 5) is 0. The number of methoxy groups -OCH3 is 1. The maximum Gasteiger partial charge on any atom is 0.181 e. The summed E-state index contributed by atoms with van der Waals surface area (Å²) in [5, 5.41) is 15.6. The first kappa shape index (κ1) is 17.0. The molecule has 2 heterocycles. The third-order valence-corrected chi connectivity index (χ3v) is 4.75. The number of hydrogen-bond donors (Lipinski definition) is 0. The summed E-state index contributed by atoms with van der Waals surface area (Å²) in [6.45, 7) is 4.10. The molecule has 2 aromatic heterocycles. The monoisotopic (exact) mass is 361 g/mol. The van der Waals surface area contributed by atoms with E-state index in [1.807, 2.05) is 44.3 Å². The van der Waals surface area contributed by atoms with E-state index in [4.69, 9.17) is 9.26 Å². The first-order valence-electron chi connectivity index (χ1n) is 8.52. The van der Waals surface area contributed by atoms with Gasteiger partial charge in [-0.05, 0) is 53.1 Å². The van der Waals surface area contributed by atoms with E-state index < -0.39 is 0 Å². The number of benzene rings is 2. The number of tetrazole rings is 1. The quantitative estimate of drug-likeness (QED) is 0.550. The normalized spacial score (nSPS) is 11.0. The van der Waals surface area contributed by atoms with Gasteiger partial charge in [0.15, 0.2) is 11.6 Å². The molecule has 2 aromatic carbocycles. The average molecular weight is 361 g/mol. The molecule has 4 rings (SSSR count). The van der Waals surface area contributed by atoms with Crippen LogP contribution in [0.5, 0.6) is 5.75 Å². The van der Waals surface area contributed by atoms with Gasteiger partial charge in [0, 0.05) is 23.7 Å². The van der Waals surface area contributed by atoms with E-state index in [0.717, 1.165) is 39.1 Å². The van der Waals surface area contributed by atoms with Gasteiger partial charge in [-0.1, -0.05) is 29.4 Å². The summed E-state index contributed by atoms with van der Waals surface area (Å²) in [5.41, 5.74) is 6.05. The Bertz CT molecular complexity index is 1100. The van der Waals surface area contributed by atoms with Crippen LogP contribution in [-0.4, -0.2) is 32.5 Å². The summed E-state index contributed by atoms with van der Waals surface area (Å²) >= 11 is 0. The molecule has 0 radical (unpaired) electrons. The number of aryl methyl sites for hydroxylation is 2. The lowest BCUT2D eigenvalue weighted by atomic mass is 9.98. The van der Waals surface area contributed by atoms with E-state index in [0.29, 0.717) is 11.6 Å². The SMILES string of the molecule is COc1cc(-c2oncc2-c2ccc(-c3nnnn3C)cc2)cc(C)c1C. The second-order valence-corrected chi connectivity index (χ2v) is 6.39. The number of aromatic nitrogens is 5. The van der Waals surface area contributed by atoms with Gasteiger partial charge >= 0.3 is 0 Å². The van der Waals surface area contributed by atoms with Gasteiger partial charge in [0.25, 0.3) is 0 Å². The zero-order valence-corrected chi connectivity index (χ0v) is 15.6. The van der Waals surface area contributed by atoms with E-state index >= 15 is 0 Å². The van der Waals surface area contributed by atoms with Crippen LogP contribution in [0.4, 0.5) is 0 Å². The molecular formula is C20H19N5O2. The molecule has 0 unspecified atom stereocenters. The van der Waals surface area contributed by atoms with Crippen molar-refractivity contribution in [2.45, 2.75) is 13.8 Å². The van der Waals surface area contributed by atoms with Crippen molar-refractivity contribution in [3.05, 3.63) is 53.7 Å². The molecule has 0 atom stereocenters. The fraction of sp³-hybridized carbons (Fsp3) is 0.200. The molecule has 0 amide bonds. The van der Waals surface area contributed by atoms with Crippen molar-refractivity contribution in [1.29, 1.82) is 0 Å². The van der Waals surface area contributed by atoms with Crippen LogP contribution in [-0.2, 0) is 7.05 Å². The molecule has 136 valence electrons. The molecule has 0 aliphatic carbocycles. The van der Waals surface area contributed by atoms with Gasteiger partial charge < -0.3 is 9.26 Å². The van der Waals surface area contributed by atoms with Gasteiger partial charge in [0.2, 0.25) is 0 Å². The number of ether oxygens (including phenoxy) is 1. The molecular weight excluding hydrogens is 342 g/mol. The molecule has 0 fully saturated rings. The van der Waals surface area contributed by atoms with E-state index in [1.165, 1.54) is 0 Å². The van der Waals surface area contributed by atoms with Crippen LogP contribution in [0.15, 0.2) is 47.1 Å². The number of nitrogens with zero attached hydrogens (tertiary/aromatic N) is 5. The van der Waals surface area contributed by atoms with Crippen LogP contribution in [0.1, 0.15) is 11.1 Å². The molecule has 7 heteroatoms. The van der Waals surface area contributed by atoms with Crippen LogP contribution in [0.25, 0.3) is 33.8 Å². The van der Waals surface area contributed by atoms with Gasteiger partial charge in [0.1, 0.15) is 5.75 Å². The van der Waals surface area contributed by atoms with Crippen LogP contribution >= 0.6 is 0 Å². The average Bonchev–Trinajstić information content (AvgIpc) is 3.33. The summed E-state index contributed by atoms with van der Waals surface area (Å²) in [5.74, 6) is 2.26. The highest BCUT2D eigenvalue weighted by Gasteiger charge is 2.16. The molecule has 7 nitrogen and oxygen atoms in total. The first-order chi connectivity index (χ1) is 13.1. The van der Waals surface area contributed by atoms with Crippen molar-refractivity contribution in [3.8, 4) is 39.6 Å². The fourth-order valence-corrected chi connectivity index (χ4v) is 3.10. The van der Waals surface area contributed by atoms with Crippen molar-refractivity contribution in [2.24, 2.45) is 7.05 Å². The minimum absolute atomic E-state index is 0.712. The summed E-state index contributed by atoms with van der Waals surface area (Å²) < 4.78 is 12.7. The molecule has 0 N–H and O–H groups in total. The summed E-state index contributed by atoms with van der Waals surface area (Å²) in [6, 6.07) is 12.1. The molecule has 4 aromatic rings. The molecule has 0 aliphatic heterocycles. The van der Waals surface area contributed by atoms with Crippen LogP contribution in [0.3, 0.4) is 0 Å². The van der Waals surface area contributed by atoms with E-state index in [9.17, 15) is 0 Å². The van der Waals surface area contributed by atoms with Crippen LogP contribution in [0.2, 0.25) is 0 Å². The predicted molar refractivity (Wildman–Crippen MR) is 101 cm³/mol. The van der Waals surface area contributed by atoms with E-state index in [2.05, 4.69) is 33.7 Å². The van der Waals surface area contributed by atoms with E-state index in [1.54, 1.807) is 18.0 Å². The van der Waals surface area contributed by atoms with Gasteiger partial charge in [0.05, 0.1) is 13.3 Å². The molecule has 0 spiro atoms. The second kappa shape index (κ2) is 6.68. The Morgan fingerprint density at radius 1 is 1.00 bits per heavy atom. The largest absolute Gasteiger partial charge is 0.496 e. The third-order valence-electron chi connectivity index (χ3n) is 4.75. The Morgan fingerprint density at radius 2 is 1.74 bits per heavy atom. The van der Waals surface area contributed by atoms with Crippen LogP contribution < -0.4 is 4.74 Å². The third kappa shape index (κ3) is 2.97. The minimum Gasteiger partial charge on any atom is -0.496 e. The van der Waals surface area contributed by atoms with Gasteiger partial charge in [-0.3, -0.25) is 0 Å². The Kier molecular flexibility index (Phi) is 4.19. The smallest absolute Gasteiger partial charge is 0.181 e. The van der Waals surface area contributed by atoms with Crippen molar-refractivity contribution in [3.63, 3.8) is 0 Å². The van der Waals surface area contributed by atoms with Gasteiger partial charge in [-0.25, -0.2) is 4.68 Å². The Balaban J connectivity index is 1.75. The van der Waals surface area contributed by atoms with Crippen molar-refractivity contribution >= 4 is 0 Å². The zero-order valence-electron chi connectivity index (χ0n) is 15.6. The molecule has 0 saturated carbocycles. The van der Waals surface area contributed by atoms with Crippen molar-refractivity contribution in [1.82, 2.24) is 25.4 Å².